The van der Waals surface area contributed by atoms with Crippen molar-refractivity contribution in [3.05, 3.63) is 42.5 Å². The van der Waals surface area contributed by atoms with Crippen LogP contribution in [0, 0.1) is 5.82 Å². The average Bonchev–Trinajstić information content (AvgIpc) is 2.81. The van der Waals surface area contributed by atoms with Crippen LogP contribution in [0.3, 0.4) is 0 Å². The lowest BCUT2D eigenvalue weighted by molar-refractivity contribution is -0.129. The van der Waals surface area contributed by atoms with E-state index in [9.17, 15) is 9.18 Å². The second kappa shape index (κ2) is 9.43. The van der Waals surface area contributed by atoms with E-state index in [0.29, 0.717) is 24.6 Å². The first-order chi connectivity index (χ1) is 16.2. The molecule has 0 atom stereocenters. The first-order valence-corrected chi connectivity index (χ1v) is 10.5. The Morgan fingerprint density at radius 2 is 1.97 bits per heavy atom. The third-order valence-electron chi connectivity index (χ3n) is 5.02. The van der Waals surface area contributed by atoms with Gasteiger partial charge in [-0.1, -0.05) is 0 Å². The minimum absolute atomic E-state index is 0.0859. The molecule has 0 fully saturated rings. The van der Waals surface area contributed by atoms with Crippen molar-refractivity contribution in [3.8, 4) is 5.75 Å². The monoisotopic (exact) mass is 468 g/mol. The van der Waals surface area contributed by atoms with Gasteiger partial charge in [-0.05, 0) is 38.1 Å². The molecule has 0 saturated carbocycles. The summed E-state index contributed by atoms with van der Waals surface area (Å²) in [5.74, 6) is 0.806. The van der Waals surface area contributed by atoms with Crippen molar-refractivity contribution in [1.29, 1.82) is 0 Å². The molecule has 0 bridgehead atoms. The second-order valence-corrected chi connectivity index (χ2v) is 8.07. The summed E-state index contributed by atoms with van der Waals surface area (Å²) < 4.78 is 25.1. The Morgan fingerprint density at radius 1 is 1.15 bits per heavy atom. The molecule has 12 heteroatoms. The van der Waals surface area contributed by atoms with Gasteiger partial charge >= 0.3 is 0 Å². The number of pyridine rings is 2. The lowest BCUT2D eigenvalue weighted by Gasteiger charge is -2.30. The molecule has 1 aliphatic rings. The molecule has 0 saturated heterocycles. The van der Waals surface area contributed by atoms with Crippen LogP contribution < -0.4 is 25.6 Å². The largest absolute Gasteiger partial charge is 0.474 e. The Hall–Kier alpha value is -4.06. The number of rotatable bonds is 8. The van der Waals surface area contributed by atoms with Crippen LogP contribution in [0.5, 0.6) is 5.75 Å². The number of anilines is 6. The lowest BCUT2D eigenvalue weighted by Crippen LogP contribution is -2.46. The Balaban J connectivity index is 1.47. The second-order valence-electron chi connectivity index (χ2n) is 8.07. The average molecular weight is 468 g/mol. The number of methoxy groups -OCH3 is 1. The number of aromatic nitrogens is 4. The zero-order valence-electron chi connectivity index (χ0n) is 19.2. The summed E-state index contributed by atoms with van der Waals surface area (Å²) in [4.78, 5) is 30.9. The van der Waals surface area contributed by atoms with E-state index in [1.807, 2.05) is 24.1 Å². The Morgan fingerprint density at radius 3 is 2.71 bits per heavy atom. The minimum atomic E-state index is -1.00. The normalized spacial score (nSPS) is 14.0. The maximum absolute atomic E-state index is 14.4. The van der Waals surface area contributed by atoms with E-state index in [4.69, 9.17) is 9.47 Å². The van der Waals surface area contributed by atoms with Gasteiger partial charge in [0.1, 0.15) is 11.6 Å². The zero-order chi connectivity index (χ0) is 24.3. The summed E-state index contributed by atoms with van der Waals surface area (Å²) in [6.45, 7) is 4.61. The van der Waals surface area contributed by atoms with Crippen LogP contribution in [0.15, 0.2) is 36.7 Å². The predicted octanol–water partition coefficient (Wildman–Crippen LogP) is 3.09. The fourth-order valence-electron chi connectivity index (χ4n) is 3.06. The first-order valence-electron chi connectivity index (χ1n) is 10.5. The van der Waals surface area contributed by atoms with Crippen LogP contribution in [0.1, 0.15) is 13.8 Å². The van der Waals surface area contributed by atoms with Crippen molar-refractivity contribution in [3.63, 3.8) is 0 Å². The number of fused-ring (bicyclic) bond motifs is 1. The highest BCUT2D eigenvalue weighted by Gasteiger charge is 2.36. The molecule has 1 aliphatic heterocycles. The number of nitrogens with zero attached hydrogens (tertiary/aromatic N) is 5. The Bertz CT molecular complexity index is 1190. The quantitative estimate of drug-likeness (QED) is 0.454. The molecule has 4 heterocycles. The van der Waals surface area contributed by atoms with Gasteiger partial charge in [-0.3, -0.25) is 4.79 Å². The predicted molar refractivity (Wildman–Crippen MR) is 126 cm³/mol. The van der Waals surface area contributed by atoms with Gasteiger partial charge in [0.15, 0.2) is 28.8 Å². The maximum Gasteiger partial charge on any atom is 0.269 e. The van der Waals surface area contributed by atoms with Crippen LogP contribution in [0.2, 0.25) is 0 Å². The fourth-order valence-corrected chi connectivity index (χ4v) is 3.06. The third kappa shape index (κ3) is 5.12. The summed E-state index contributed by atoms with van der Waals surface area (Å²) in [6, 6.07) is 6.90. The highest BCUT2D eigenvalue weighted by atomic mass is 19.1. The molecule has 0 aliphatic carbocycles. The number of halogens is 1. The number of nitrogens with one attached hydrogen (secondary N) is 3. The van der Waals surface area contributed by atoms with Crippen LogP contribution >= 0.6 is 0 Å². The molecular formula is C22H25FN8O3. The van der Waals surface area contributed by atoms with Gasteiger partial charge in [0.25, 0.3) is 5.91 Å². The van der Waals surface area contributed by atoms with Gasteiger partial charge in [0, 0.05) is 20.7 Å². The number of hydrogen-bond donors (Lipinski definition) is 3. The molecule has 3 N–H and O–H groups in total. The van der Waals surface area contributed by atoms with Crippen molar-refractivity contribution in [2.75, 3.05) is 48.2 Å². The van der Waals surface area contributed by atoms with E-state index in [2.05, 4.69) is 35.9 Å². The topological polar surface area (TPSA) is 126 Å². The molecule has 0 unspecified atom stereocenters. The summed E-state index contributed by atoms with van der Waals surface area (Å²) in [5, 5.41) is 8.50. The number of ether oxygens (including phenoxy) is 2. The number of carbonyl (C=O) groups is 1. The standard InChI is InChI=1S/C22H25FN8O3/c1-22(2)20(32)29-19-15(34-22)6-7-16(28-19)27-18-14(23)12-25-21(30-18)26-13-5-8-17(24-11-13)31(3)9-10-33-4/h5-8,11-12H,9-10H2,1-4H3,(H3,25,26,27,28,29,30,32). The van der Waals surface area contributed by atoms with Gasteiger partial charge in [-0.15, -0.1) is 0 Å². The van der Waals surface area contributed by atoms with Gasteiger partial charge in [0.2, 0.25) is 5.95 Å². The first kappa shape index (κ1) is 23.1. The highest BCUT2D eigenvalue weighted by Crippen LogP contribution is 2.33. The fraction of sp³-hybridized carbons (Fsp3) is 0.318. The highest BCUT2D eigenvalue weighted by molar-refractivity contribution is 5.99. The van der Waals surface area contributed by atoms with Gasteiger partial charge in [-0.25, -0.2) is 19.3 Å². The number of carbonyl (C=O) groups excluding carboxylic acids is 1. The van der Waals surface area contributed by atoms with Crippen LogP contribution in [0.25, 0.3) is 0 Å². The summed E-state index contributed by atoms with van der Waals surface area (Å²) in [6.07, 6.45) is 2.68. The molecule has 34 heavy (non-hydrogen) atoms. The maximum atomic E-state index is 14.4. The van der Waals surface area contributed by atoms with E-state index >= 15 is 0 Å². The SMILES string of the molecule is COCCN(C)c1ccc(Nc2ncc(F)c(Nc3ccc4c(n3)NC(=O)C(C)(C)O4)n2)cn1. The van der Waals surface area contributed by atoms with Crippen molar-refractivity contribution in [1.82, 2.24) is 19.9 Å². The third-order valence-corrected chi connectivity index (χ3v) is 5.02. The molecule has 178 valence electrons. The van der Waals surface area contributed by atoms with Crippen LogP contribution in [0.4, 0.5) is 39.3 Å². The summed E-state index contributed by atoms with van der Waals surface area (Å²) in [5.41, 5.74) is -0.370. The molecule has 3 aromatic heterocycles. The van der Waals surface area contributed by atoms with Crippen LogP contribution in [-0.4, -0.2) is 58.8 Å². The van der Waals surface area contributed by atoms with Crippen LogP contribution in [-0.2, 0) is 9.53 Å². The van der Waals surface area contributed by atoms with E-state index < -0.39 is 11.4 Å². The number of amides is 1. The van der Waals surface area contributed by atoms with E-state index in [-0.39, 0.29) is 29.3 Å². The molecule has 3 aromatic rings. The molecule has 1 amide bonds. The van der Waals surface area contributed by atoms with Gasteiger partial charge < -0.3 is 30.3 Å². The molecule has 0 aromatic carbocycles. The van der Waals surface area contributed by atoms with E-state index in [1.54, 1.807) is 39.3 Å². The van der Waals surface area contributed by atoms with Gasteiger partial charge in [0.05, 0.1) is 24.7 Å². The molecule has 0 radical (unpaired) electrons. The molecule has 11 nitrogen and oxygen atoms in total. The van der Waals surface area contributed by atoms with Gasteiger partial charge in [-0.2, -0.15) is 4.98 Å². The van der Waals surface area contributed by atoms with Crippen molar-refractivity contribution >= 4 is 40.8 Å². The Labute approximate surface area is 195 Å². The molecule has 4 rings (SSSR count). The number of likely N-dealkylation sites (N-methyl/N-ethyl adjacent to an activating group) is 1. The Kier molecular flexibility index (Phi) is 6.41. The molecule has 0 spiro atoms. The summed E-state index contributed by atoms with van der Waals surface area (Å²) in [7, 11) is 3.57. The summed E-state index contributed by atoms with van der Waals surface area (Å²) >= 11 is 0. The minimum Gasteiger partial charge on any atom is -0.474 e. The van der Waals surface area contributed by atoms with E-state index in [0.717, 1.165) is 12.0 Å². The van der Waals surface area contributed by atoms with E-state index in [1.165, 1.54) is 0 Å². The lowest BCUT2D eigenvalue weighted by atomic mass is 10.1. The number of hydrogen-bond acceptors (Lipinski definition) is 10. The zero-order valence-corrected chi connectivity index (χ0v) is 19.2. The molecular weight excluding hydrogens is 443 g/mol. The van der Waals surface area contributed by atoms with Crippen molar-refractivity contribution in [2.24, 2.45) is 0 Å². The van der Waals surface area contributed by atoms with Crippen molar-refractivity contribution in [2.45, 2.75) is 19.4 Å². The van der Waals surface area contributed by atoms with Crippen molar-refractivity contribution < 1.29 is 18.7 Å². The smallest absolute Gasteiger partial charge is 0.269 e.